The van der Waals surface area contributed by atoms with Gasteiger partial charge in [-0.25, -0.2) is 8.42 Å². The Labute approximate surface area is 124 Å². The van der Waals surface area contributed by atoms with Gasteiger partial charge in [-0.3, -0.25) is 4.68 Å². The molecule has 0 radical (unpaired) electrons. The maximum Gasteiger partial charge on any atom is 0.410 e. The largest absolute Gasteiger partial charge is 0.410 e. The first kappa shape index (κ1) is 15.4. The molecule has 0 bridgehead atoms. The van der Waals surface area contributed by atoms with Gasteiger partial charge in [-0.1, -0.05) is 0 Å². The molecular weight excluding hydrogens is 322 g/mol. The molecule has 0 atom stereocenters. The molecule has 2 aromatic rings. The predicted octanol–water partition coefficient (Wildman–Crippen LogP) is 1.29. The lowest BCUT2D eigenvalue weighted by Crippen LogP contribution is -2.08. The van der Waals surface area contributed by atoms with Crippen molar-refractivity contribution in [1.29, 1.82) is 0 Å². The van der Waals surface area contributed by atoms with Gasteiger partial charge in [0, 0.05) is 17.2 Å². The Kier molecular flexibility index (Phi) is 4.01. The van der Waals surface area contributed by atoms with Crippen LogP contribution in [-0.4, -0.2) is 32.9 Å². The Morgan fingerprint density at radius 3 is 2.57 bits per heavy atom. The second-order valence-electron chi connectivity index (χ2n) is 4.30. The van der Waals surface area contributed by atoms with Crippen molar-refractivity contribution in [1.82, 2.24) is 19.6 Å². The molecule has 0 N–H and O–H groups in total. The van der Waals surface area contributed by atoms with E-state index in [0.29, 0.717) is 6.54 Å². The van der Waals surface area contributed by atoms with E-state index in [4.69, 9.17) is 10.7 Å². The van der Waals surface area contributed by atoms with Crippen molar-refractivity contribution in [2.24, 2.45) is 0 Å². The summed E-state index contributed by atoms with van der Waals surface area (Å²) in [6, 6.07) is 1.80. The summed E-state index contributed by atoms with van der Waals surface area (Å²) in [7, 11) is 0.948. The molecule has 0 aliphatic heterocycles. The van der Waals surface area contributed by atoms with E-state index in [2.05, 4.69) is 10.2 Å². The van der Waals surface area contributed by atoms with Gasteiger partial charge in [0.15, 0.2) is 0 Å². The third kappa shape index (κ3) is 3.22. The van der Waals surface area contributed by atoms with E-state index in [0.717, 1.165) is 22.3 Å². The van der Waals surface area contributed by atoms with Crippen LogP contribution >= 0.6 is 10.7 Å². The minimum atomic E-state index is -4.24. The summed E-state index contributed by atoms with van der Waals surface area (Å²) in [6.45, 7) is 4.49. The van der Waals surface area contributed by atoms with Gasteiger partial charge < -0.3 is 10.1 Å². The molecule has 114 valence electrons. The van der Waals surface area contributed by atoms with Crippen LogP contribution in [0.4, 0.5) is 5.82 Å². The Balaban J connectivity index is 2.44. The zero-order valence-electron chi connectivity index (χ0n) is 11.2. The highest BCUT2D eigenvalue weighted by Gasteiger charge is 2.30. The van der Waals surface area contributed by atoms with Gasteiger partial charge in [-0.15, -0.1) is 0 Å². The molecule has 0 fully saturated rings. The minimum Gasteiger partial charge on any atom is -0.358 e. The molecule has 0 spiro atoms. The Bertz CT molecular complexity index is 794. The van der Waals surface area contributed by atoms with Crippen LogP contribution in [-0.2, 0) is 22.1 Å². The van der Waals surface area contributed by atoms with Gasteiger partial charge in [0.05, 0.1) is 22.7 Å². The van der Waals surface area contributed by atoms with Crippen LogP contribution in [0, 0.1) is 17.0 Å². The van der Waals surface area contributed by atoms with Crippen molar-refractivity contribution in [3.8, 4) is 0 Å². The van der Waals surface area contributed by atoms with Crippen molar-refractivity contribution >= 4 is 25.6 Å². The Morgan fingerprint density at radius 2 is 2.10 bits per heavy atom. The van der Waals surface area contributed by atoms with E-state index >= 15 is 0 Å². The standard InChI is InChI=1S/C10H12ClN5O4S/c1-3-15-8(4-7(2)12-15)5-14-6-9(21(11,19)20)10(13-14)16(17)18/h4,6H,3,5H2,1-2H3. The first-order valence-corrected chi connectivity index (χ1v) is 8.23. The number of nitrogens with zero attached hydrogens (tertiary/aromatic N) is 5. The number of halogens is 1. The first-order chi connectivity index (χ1) is 9.72. The van der Waals surface area contributed by atoms with Crippen LogP contribution in [0.5, 0.6) is 0 Å². The fraction of sp³-hybridized carbons (Fsp3) is 0.400. The molecule has 9 nitrogen and oxygen atoms in total. The quantitative estimate of drug-likeness (QED) is 0.463. The zero-order valence-corrected chi connectivity index (χ0v) is 12.8. The molecule has 21 heavy (non-hydrogen) atoms. The number of nitro groups is 1. The molecule has 0 aliphatic carbocycles. The van der Waals surface area contributed by atoms with Crippen molar-refractivity contribution < 1.29 is 13.3 Å². The van der Waals surface area contributed by atoms with Crippen molar-refractivity contribution in [2.45, 2.75) is 31.8 Å². The van der Waals surface area contributed by atoms with E-state index < -0.39 is 24.7 Å². The third-order valence-electron chi connectivity index (χ3n) is 2.75. The van der Waals surface area contributed by atoms with Crippen LogP contribution in [0.15, 0.2) is 17.2 Å². The molecular formula is C10H12ClN5O4S. The number of rotatable bonds is 5. The van der Waals surface area contributed by atoms with E-state index in [-0.39, 0.29) is 6.54 Å². The topological polar surface area (TPSA) is 113 Å². The van der Waals surface area contributed by atoms with Gasteiger partial charge in [0.2, 0.25) is 4.90 Å². The number of hydrogen-bond donors (Lipinski definition) is 0. The highest BCUT2D eigenvalue weighted by atomic mass is 35.7. The Morgan fingerprint density at radius 1 is 1.43 bits per heavy atom. The Hall–Kier alpha value is -1.94. The molecule has 0 aliphatic rings. The van der Waals surface area contributed by atoms with Gasteiger partial charge in [0.1, 0.15) is 6.54 Å². The maximum atomic E-state index is 11.3. The van der Waals surface area contributed by atoms with Crippen LogP contribution in [0.2, 0.25) is 0 Å². The van der Waals surface area contributed by atoms with Crippen molar-refractivity contribution in [3.63, 3.8) is 0 Å². The summed E-state index contributed by atoms with van der Waals surface area (Å²) in [5.41, 5.74) is 1.55. The summed E-state index contributed by atoms with van der Waals surface area (Å²) in [5.74, 6) is -0.788. The smallest absolute Gasteiger partial charge is 0.358 e. The highest BCUT2D eigenvalue weighted by Crippen LogP contribution is 2.25. The molecule has 2 heterocycles. The first-order valence-electron chi connectivity index (χ1n) is 5.92. The number of hydrogen-bond acceptors (Lipinski definition) is 6. The van der Waals surface area contributed by atoms with E-state index in [1.54, 1.807) is 10.7 Å². The summed E-state index contributed by atoms with van der Waals surface area (Å²) in [5, 5.41) is 18.8. The van der Waals surface area contributed by atoms with Gasteiger partial charge in [-0.2, -0.15) is 9.78 Å². The second kappa shape index (κ2) is 5.45. The SMILES string of the molecule is CCn1nc(C)cc1Cn1cc(S(=O)(=O)Cl)c([N+](=O)[O-])n1. The average Bonchev–Trinajstić information content (AvgIpc) is 2.93. The predicted molar refractivity (Wildman–Crippen MR) is 73.7 cm³/mol. The van der Waals surface area contributed by atoms with E-state index in [1.165, 1.54) is 0 Å². The highest BCUT2D eigenvalue weighted by molar-refractivity contribution is 8.13. The lowest BCUT2D eigenvalue weighted by molar-refractivity contribution is -0.392. The summed E-state index contributed by atoms with van der Waals surface area (Å²) in [4.78, 5) is 9.35. The summed E-state index contributed by atoms with van der Waals surface area (Å²) < 4.78 is 25.6. The van der Waals surface area contributed by atoms with Crippen molar-refractivity contribution in [3.05, 3.63) is 33.8 Å². The normalized spacial score (nSPS) is 11.8. The van der Waals surface area contributed by atoms with Crippen LogP contribution in [0.25, 0.3) is 0 Å². The molecule has 2 aromatic heterocycles. The number of aromatic nitrogens is 4. The van der Waals surface area contributed by atoms with Gasteiger partial charge in [-0.05, 0) is 24.8 Å². The monoisotopic (exact) mass is 333 g/mol. The molecule has 0 unspecified atom stereocenters. The van der Waals surface area contributed by atoms with Crippen LogP contribution < -0.4 is 0 Å². The van der Waals surface area contributed by atoms with E-state index in [9.17, 15) is 18.5 Å². The molecule has 0 saturated carbocycles. The van der Waals surface area contributed by atoms with Crippen LogP contribution in [0.3, 0.4) is 0 Å². The number of aryl methyl sites for hydroxylation is 2. The molecule has 0 amide bonds. The fourth-order valence-corrected chi connectivity index (χ4v) is 2.85. The third-order valence-corrected chi connectivity index (χ3v) is 4.07. The molecule has 0 saturated heterocycles. The lowest BCUT2D eigenvalue weighted by atomic mass is 10.3. The van der Waals surface area contributed by atoms with Gasteiger partial charge in [0.25, 0.3) is 9.05 Å². The fourth-order valence-electron chi connectivity index (χ4n) is 1.94. The average molecular weight is 334 g/mol. The molecule has 2 rings (SSSR count). The maximum absolute atomic E-state index is 11.3. The zero-order chi connectivity index (χ0) is 15.8. The lowest BCUT2D eigenvalue weighted by Gasteiger charge is -2.01. The van der Waals surface area contributed by atoms with Crippen molar-refractivity contribution in [2.75, 3.05) is 0 Å². The summed E-state index contributed by atoms with van der Waals surface area (Å²) in [6.07, 6.45) is 1.04. The summed E-state index contributed by atoms with van der Waals surface area (Å²) >= 11 is 0. The van der Waals surface area contributed by atoms with Gasteiger partial charge >= 0.3 is 5.82 Å². The van der Waals surface area contributed by atoms with E-state index in [1.807, 2.05) is 13.8 Å². The molecule has 11 heteroatoms. The van der Waals surface area contributed by atoms with Crippen LogP contribution in [0.1, 0.15) is 18.3 Å². The molecule has 0 aromatic carbocycles. The minimum absolute atomic E-state index is 0.155. The second-order valence-corrected chi connectivity index (χ2v) is 6.84.